The molecule has 0 aliphatic carbocycles. The number of nitrogens with zero attached hydrogens (tertiary/aromatic N) is 3. The highest BCUT2D eigenvalue weighted by Gasteiger charge is 2.49. The van der Waals surface area contributed by atoms with Gasteiger partial charge in [-0.05, 0) is 144 Å². The van der Waals surface area contributed by atoms with Gasteiger partial charge >= 0.3 is 12.0 Å². The maximum absolute atomic E-state index is 11.8. The minimum Gasteiger partial charge on any atom is -0.508 e. The standard InChI is InChI=1S/C17H20N2S.C14H23NO.C13H18O2.C11H16N2O3/c1-13(18(2)3)12-19-14-8-4-6-10-16(14)20-17-11-7-5-9-15(17)19;1-5-14(11(2)10-15(3)4)12-7-6-8-13(16)9-12;1-9(2)8-11-4-6-12(7-5-11)10(3)13(14)15;1-4-5-11(6-7(2)3)8(14)12-10(16)13-9(11)15/h4-11,13H,12H2,1-3H3;6-9,11,14,16H,5,10H2,1-4H3;4-7,9-10H,8H2,1-3H3,(H,14,15);4,7H,1,5-6H2,2-3H3,(H2,12,13,14,15,16)/t;11-,14+;;/m.0../s1. The highest BCUT2D eigenvalue weighted by Crippen LogP contribution is 2.48. The van der Waals surface area contributed by atoms with E-state index in [1.54, 1.807) is 13.0 Å². The molecule has 12 heteroatoms. The first kappa shape index (κ1) is 55.9. The van der Waals surface area contributed by atoms with Gasteiger partial charge in [0.15, 0.2) is 0 Å². The number of benzene rings is 4. The van der Waals surface area contributed by atoms with E-state index in [0.29, 0.717) is 36.0 Å². The number of allylic oxidation sites excluding steroid dienone is 1. The van der Waals surface area contributed by atoms with Crippen molar-refractivity contribution < 1.29 is 29.4 Å². The maximum Gasteiger partial charge on any atom is 0.328 e. The van der Waals surface area contributed by atoms with E-state index in [1.807, 2.05) is 62.0 Å². The lowest BCUT2D eigenvalue weighted by molar-refractivity contribution is -0.145. The quantitative estimate of drug-likeness (QED) is 0.0633. The van der Waals surface area contributed by atoms with Crippen LogP contribution in [0.15, 0.2) is 120 Å². The summed E-state index contributed by atoms with van der Waals surface area (Å²) in [6.07, 6.45) is 4.30. The Morgan fingerprint density at radius 1 is 0.776 bits per heavy atom. The number of carboxylic acid groups (broad SMARTS) is 1. The van der Waals surface area contributed by atoms with Gasteiger partial charge in [0, 0.05) is 28.9 Å². The molecule has 2 unspecified atom stereocenters. The van der Waals surface area contributed by atoms with Gasteiger partial charge in [-0.25, -0.2) is 4.79 Å². The van der Waals surface area contributed by atoms with Crippen molar-refractivity contribution >= 4 is 47.0 Å². The Morgan fingerprint density at radius 3 is 1.78 bits per heavy atom. The van der Waals surface area contributed by atoms with Crippen LogP contribution in [0.2, 0.25) is 0 Å². The van der Waals surface area contributed by atoms with Gasteiger partial charge in [-0.3, -0.25) is 25.0 Å². The van der Waals surface area contributed by atoms with E-state index >= 15 is 0 Å². The van der Waals surface area contributed by atoms with Crippen molar-refractivity contribution in [2.24, 2.45) is 23.2 Å². The summed E-state index contributed by atoms with van der Waals surface area (Å²) in [6, 6.07) is 32.6. The maximum atomic E-state index is 11.8. The van der Waals surface area contributed by atoms with Crippen LogP contribution in [-0.2, 0) is 20.8 Å². The zero-order valence-corrected chi connectivity index (χ0v) is 42.8. The van der Waals surface area contributed by atoms with E-state index in [9.17, 15) is 24.3 Å². The van der Waals surface area contributed by atoms with Crippen LogP contribution in [-0.4, -0.2) is 91.1 Å². The minimum atomic E-state index is -1.19. The first-order valence-corrected chi connectivity index (χ1v) is 24.3. The monoisotopic (exact) mass is 936 g/mol. The van der Waals surface area contributed by atoms with Crippen LogP contribution in [0.25, 0.3) is 0 Å². The first-order valence-electron chi connectivity index (χ1n) is 23.5. The number of phenolic OH excluding ortho intramolecular Hbond substituents is 1. The summed E-state index contributed by atoms with van der Waals surface area (Å²) in [6.45, 7) is 22.3. The Balaban J connectivity index is 0.000000239. The zero-order valence-electron chi connectivity index (χ0n) is 42.0. The summed E-state index contributed by atoms with van der Waals surface area (Å²) < 4.78 is 0. The molecule has 0 spiro atoms. The number of amides is 4. The molecule has 4 atom stereocenters. The topological polar surface area (TPSA) is 143 Å². The molecule has 4 N–H and O–H groups in total. The van der Waals surface area contributed by atoms with Gasteiger partial charge in [0.1, 0.15) is 11.2 Å². The molecule has 2 aliphatic rings. The van der Waals surface area contributed by atoms with Crippen molar-refractivity contribution in [3.05, 3.63) is 126 Å². The molecule has 4 aromatic carbocycles. The summed E-state index contributed by atoms with van der Waals surface area (Å²) in [4.78, 5) is 55.0. The molecule has 0 saturated carbocycles. The largest absolute Gasteiger partial charge is 0.508 e. The molecule has 4 aromatic rings. The second-order valence-corrected chi connectivity index (χ2v) is 20.2. The third-order valence-corrected chi connectivity index (χ3v) is 13.1. The van der Waals surface area contributed by atoms with Crippen LogP contribution in [0.1, 0.15) is 103 Å². The number of aliphatic carboxylic acids is 1. The fraction of sp³-hybridized carbons (Fsp3) is 0.455. The molecule has 0 radical (unpaired) electrons. The highest BCUT2D eigenvalue weighted by atomic mass is 32.2. The number of hydrogen-bond donors (Lipinski definition) is 4. The number of para-hydroxylation sites is 2. The number of carboxylic acids is 1. The number of imide groups is 2. The van der Waals surface area contributed by atoms with Gasteiger partial charge in [0.25, 0.3) is 0 Å². The molecule has 0 aromatic heterocycles. The summed E-state index contributed by atoms with van der Waals surface area (Å²) >= 11 is 1.87. The second kappa shape index (κ2) is 26.8. The van der Waals surface area contributed by atoms with Crippen molar-refractivity contribution in [1.82, 2.24) is 20.4 Å². The number of aromatic hydroxyl groups is 1. The molecule has 6 rings (SSSR count). The first-order chi connectivity index (χ1) is 31.6. The van der Waals surface area contributed by atoms with Gasteiger partial charge in [0.2, 0.25) is 11.8 Å². The number of hydrogen-bond acceptors (Lipinski definition) is 9. The predicted molar refractivity (Wildman–Crippen MR) is 275 cm³/mol. The van der Waals surface area contributed by atoms with Crippen molar-refractivity contribution in [2.75, 3.05) is 46.2 Å². The summed E-state index contributed by atoms with van der Waals surface area (Å²) in [5, 5.41) is 22.6. The van der Waals surface area contributed by atoms with Crippen LogP contribution in [0.4, 0.5) is 16.2 Å². The zero-order chi connectivity index (χ0) is 50.0. The lowest BCUT2D eigenvalue weighted by Gasteiger charge is -2.36. The Kier molecular flexibility index (Phi) is 22.4. The van der Waals surface area contributed by atoms with Crippen molar-refractivity contribution in [1.29, 1.82) is 0 Å². The molecular formula is C55H77N5O6S. The Bertz CT molecular complexity index is 2160. The molecule has 11 nitrogen and oxygen atoms in total. The van der Waals surface area contributed by atoms with Crippen LogP contribution >= 0.6 is 11.8 Å². The third-order valence-electron chi connectivity index (χ3n) is 12.0. The molecule has 0 bridgehead atoms. The summed E-state index contributed by atoms with van der Waals surface area (Å²) in [5.41, 5.74) is 4.84. The van der Waals surface area contributed by atoms with E-state index in [0.717, 1.165) is 31.5 Å². The van der Waals surface area contributed by atoms with Gasteiger partial charge < -0.3 is 24.9 Å². The van der Waals surface area contributed by atoms with E-state index < -0.39 is 35.1 Å². The summed E-state index contributed by atoms with van der Waals surface area (Å²) in [5.74, 6) is 0.0381. The van der Waals surface area contributed by atoms with E-state index in [4.69, 9.17) is 5.11 Å². The van der Waals surface area contributed by atoms with E-state index in [1.165, 1.54) is 38.4 Å². The number of carbonyl (C=O) groups is 4. The van der Waals surface area contributed by atoms with Crippen LogP contribution in [0.3, 0.4) is 0 Å². The fourth-order valence-corrected chi connectivity index (χ4v) is 9.46. The predicted octanol–water partition coefficient (Wildman–Crippen LogP) is 11.4. The van der Waals surface area contributed by atoms with Gasteiger partial charge in [-0.15, -0.1) is 6.58 Å². The molecule has 4 amide bonds. The van der Waals surface area contributed by atoms with Crippen molar-refractivity contribution in [3.63, 3.8) is 0 Å². The number of likely N-dealkylation sites (N-methyl/N-ethyl adjacent to an activating group) is 1. The SMILES string of the molecule is C=CCC1(CC(C)C)C(=O)NC(=O)NC1=O.CC(C)Cc1ccc(C(C)C(=O)O)cc1.CC(CN1c2ccccc2Sc2ccccc21)N(C)C.CC[C@@H](c1cccc(O)c1)[C@@H](C)CN(C)C. The average molecular weight is 936 g/mol. The number of nitrogens with one attached hydrogen (secondary N) is 2. The second-order valence-electron chi connectivity index (χ2n) is 19.1. The van der Waals surface area contributed by atoms with Gasteiger partial charge in [0.05, 0.1) is 17.3 Å². The fourth-order valence-electron chi connectivity index (χ4n) is 8.36. The summed E-state index contributed by atoms with van der Waals surface area (Å²) in [7, 11) is 8.49. The Hall–Kier alpha value is -5.43. The number of urea groups is 1. The number of phenols is 1. The molecule has 67 heavy (non-hydrogen) atoms. The van der Waals surface area contributed by atoms with Gasteiger partial charge in [-0.2, -0.15) is 0 Å². The molecule has 2 aliphatic heterocycles. The number of fused-ring (bicyclic) bond motifs is 2. The lowest BCUT2D eigenvalue weighted by atomic mass is 9.74. The van der Waals surface area contributed by atoms with E-state index in [-0.39, 0.29) is 12.3 Å². The molecule has 1 saturated heterocycles. The molecule has 1 fully saturated rings. The lowest BCUT2D eigenvalue weighted by Crippen LogP contribution is -2.62. The van der Waals surface area contributed by atoms with Crippen molar-refractivity contribution in [2.45, 2.75) is 109 Å². The minimum absolute atomic E-state index is 0.171. The Morgan fingerprint density at radius 2 is 1.33 bits per heavy atom. The van der Waals surface area contributed by atoms with Gasteiger partial charge in [-0.1, -0.05) is 120 Å². The highest BCUT2D eigenvalue weighted by molar-refractivity contribution is 7.99. The van der Waals surface area contributed by atoms with Crippen LogP contribution in [0.5, 0.6) is 5.75 Å². The van der Waals surface area contributed by atoms with Crippen LogP contribution < -0.4 is 15.5 Å². The average Bonchev–Trinajstić information content (AvgIpc) is 3.26. The number of barbiturate groups is 1. The smallest absolute Gasteiger partial charge is 0.328 e. The third kappa shape index (κ3) is 16.7. The Labute approximate surface area is 405 Å². The number of carbonyl (C=O) groups excluding carboxylic acids is 3. The van der Waals surface area contributed by atoms with E-state index in [2.05, 4.69) is 149 Å². The van der Waals surface area contributed by atoms with Crippen LogP contribution in [0, 0.1) is 23.2 Å². The van der Waals surface area contributed by atoms with Crippen molar-refractivity contribution in [3.8, 4) is 5.75 Å². The number of anilines is 2. The number of rotatable bonds is 16. The normalized spacial score (nSPS) is 15.5. The molecule has 364 valence electrons. The molecular weight excluding hydrogens is 859 g/mol. The molecule has 2 heterocycles.